The third kappa shape index (κ3) is 2.94. The topological polar surface area (TPSA) is 72.2 Å². The van der Waals surface area contributed by atoms with Crippen LogP contribution < -0.4 is 10.5 Å². The van der Waals surface area contributed by atoms with Crippen molar-refractivity contribution in [2.75, 3.05) is 4.72 Å². The molecule has 3 N–H and O–H groups in total. The first-order valence-electron chi connectivity index (χ1n) is 5.58. The highest BCUT2D eigenvalue weighted by Crippen LogP contribution is 2.21. The van der Waals surface area contributed by atoms with Crippen molar-refractivity contribution in [3.63, 3.8) is 0 Å². The van der Waals surface area contributed by atoms with Gasteiger partial charge in [0.2, 0.25) is 0 Å². The number of nitrogens with one attached hydrogen (secondary N) is 1. The van der Waals surface area contributed by atoms with Crippen molar-refractivity contribution in [3.8, 4) is 0 Å². The molecule has 0 radical (unpaired) electrons. The zero-order chi connectivity index (χ0) is 14.8. The van der Waals surface area contributed by atoms with E-state index < -0.39 is 15.8 Å². The highest BCUT2D eigenvalue weighted by Gasteiger charge is 2.20. The fraction of sp³-hybridized carbons (Fsp3) is 0. The van der Waals surface area contributed by atoms with Crippen LogP contribution in [0.15, 0.2) is 53.4 Å². The molecule has 0 unspecified atom stereocenters. The smallest absolute Gasteiger partial charge is 0.262 e. The van der Waals surface area contributed by atoms with Gasteiger partial charge in [-0.1, -0.05) is 42.5 Å². The van der Waals surface area contributed by atoms with E-state index in [9.17, 15) is 12.8 Å². The van der Waals surface area contributed by atoms with Crippen LogP contribution in [0.1, 0.15) is 5.56 Å². The fourth-order valence-electron chi connectivity index (χ4n) is 1.65. The van der Waals surface area contributed by atoms with E-state index in [1.165, 1.54) is 36.4 Å². The van der Waals surface area contributed by atoms with Crippen LogP contribution in [-0.4, -0.2) is 13.4 Å². The van der Waals surface area contributed by atoms with Crippen LogP contribution >= 0.6 is 12.2 Å². The van der Waals surface area contributed by atoms with E-state index in [2.05, 4.69) is 4.72 Å². The SMILES string of the molecule is NC(=S)c1ccccc1S(=O)(=O)Nc1ccccc1F. The van der Waals surface area contributed by atoms with E-state index in [4.69, 9.17) is 18.0 Å². The predicted molar refractivity (Wildman–Crippen MR) is 79.5 cm³/mol. The Morgan fingerprint density at radius 3 is 2.35 bits per heavy atom. The lowest BCUT2D eigenvalue weighted by Gasteiger charge is -2.11. The van der Waals surface area contributed by atoms with Gasteiger partial charge in [0.25, 0.3) is 10.0 Å². The molecule has 0 saturated heterocycles. The number of halogens is 1. The Hall–Kier alpha value is -1.99. The second-order valence-corrected chi connectivity index (χ2v) is 6.04. The lowest BCUT2D eigenvalue weighted by atomic mass is 10.2. The van der Waals surface area contributed by atoms with Gasteiger partial charge >= 0.3 is 0 Å². The molecule has 104 valence electrons. The molecule has 2 rings (SSSR count). The molecule has 0 atom stereocenters. The maximum Gasteiger partial charge on any atom is 0.262 e. The average Bonchev–Trinajstić information content (AvgIpc) is 2.41. The van der Waals surface area contributed by atoms with Gasteiger partial charge in [-0.2, -0.15) is 0 Å². The quantitative estimate of drug-likeness (QED) is 0.850. The molecule has 0 amide bonds. The number of hydrogen-bond donors (Lipinski definition) is 2. The third-order valence-electron chi connectivity index (χ3n) is 2.56. The van der Waals surface area contributed by atoms with E-state index in [0.717, 1.165) is 6.07 Å². The molecule has 0 aliphatic carbocycles. The first-order chi connectivity index (χ1) is 9.42. The number of rotatable bonds is 4. The number of thiocarbonyl (C=S) groups is 1. The highest BCUT2D eigenvalue weighted by molar-refractivity contribution is 7.93. The number of sulfonamides is 1. The minimum atomic E-state index is -3.97. The third-order valence-corrected chi connectivity index (χ3v) is 4.20. The molecule has 0 aliphatic rings. The minimum Gasteiger partial charge on any atom is -0.389 e. The van der Waals surface area contributed by atoms with Crippen molar-refractivity contribution in [2.45, 2.75) is 4.90 Å². The molecular formula is C13H11FN2O2S2. The van der Waals surface area contributed by atoms with Crippen molar-refractivity contribution in [1.29, 1.82) is 0 Å². The second kappa shape index (κ2) is 5.56. The molecule has 0 aliphatic heterocycles. The summed E-state index contributed by atoms with van der Waals surface area (Å²) in [7, 11) is -3.97. The first kappa shape index (κ1) is 14.4. The maximum atomic E-state index is 13.5. The number of anilines is 1. The molecule has 0 heterocycles. The molecule has 7 heteroatoms. The van der Waals surface area contributed by atoms with Gasteiger partial charge in [0.1, 0.15) is 10.8 Å². The van der Waals surface area contributed by atoms with Crippen LogP contribution in [0.3, 0.4) is 0 Å². The number of hydrogen-bond acceptors (Lipinski definition) is 3. The standard InChI is InChI=1S/C13H11FN2O2S2/c14-10-6-2-3-7-11(10)16-20(17,18)12-8-4-1-5-9(12)13(15)19/h1-8,16H,(H2,15,19). The van der Waals surface area contributed by atoms with Crippen LogP contribution in [0.2, 0.25) is 0 Å². The van der Waals surface area contributed by atoms with Crippen LogP contribution in [0.4, 0.5) is 10.1 Å². The van der Waals surface area contributed by atoms with E-state index in [1.807, 2.05) is 0 Å². The number of para-hydroxylation sites is 1. The molecule has 2 aromatic carbocycles. The molecule has 20 heavy (non-hydrogen) atoms. The summed E-state index contributed by atoms with van der Waals surface area (Å²) in [6, 6.07) is 11.5. The lowest BCUT2D eigenvalue weighted by Crippen LogP contribution is -2.20. The molecule has 0 aromatic heterocycles. The van der Waals surface area contributed by atoms with Gasteiger partial charge in [-0.15, -0.1) is 0 Å². The van der Waals surface area contributed by atoms with Crippen molar-refractivity contribution in [2.24, 2.45) is 5.73 Å². The van der Waals surface area contributed by atoms with Gasteiger partial charge in [0.05, 0.1) is 10.6 Å². The predicted octanol–water partition coefficient (Wildman–Crippen LogP) is 2.26. The van der Waals surface area contributed by atoms with Crippen molar-refractivity contribution in [3.05, 3.63) is 59.9 Å². The monoisotopic (exact) mass is 310 g/mol. The maximum absolute atomic E-state index is 13.5. The van der Waals surface area contributed by atoms with Gasteiger partial charge in [0.15, 0.2) is 0 Å². The van der Waals surface area contributed by atoms with Crippen molar-refractivity contribution >= 4 is 32.9 Å². The average molecular weight is 310 g/mol. The zero-order valence-corrected chi connectivity index (χ0v) is 11.8. The van der Waals surface area contributed by atoms with E-state index in [1.54, 1.807) is 6.07 Å². The molecular weight excluding hydrogens is 299 g/mol. The van der Waals surface area contributed by atoms with Gasteiger partial charge in [0, 0.05) is 5.56 Å². The van der Waals surface area contributed by atoms with E-state index in [0.29, 0.717) is 0 Å². The Labute approximate surface area is 121 Å². The molecule has 0 bridgehead atoms. The van der Waals surface area contributed by atoms with Crippen molar-refractivity contribution < 1.29 is 12.8 Å². The fourth-order valence-corrected chi connectivity index (χ4v) is 3.18. The van der Waals surface area contributed by atoms with Crippen LogP contribution in [0.25, 0.3) is 0 Å². The number of nitrogens with two attached hydrogens (primary N) is 1. The van der Waals surface area contributed by atoms with Crippen LogP contribution in [-0.2, 0) is 10.0 Å². The normalized spacial score (nSPS) is 11.1. The Bertz CT molecular complexity index is 760. The Morgan fingerprint density at radius 2 is 1.70 bits per heavy atom. The summed E-state index contributed by atoms with van der Waals surface area (Å²) in [5.41, 5.74) is 5.58. The molecule has 4 nitrogen and oxygen atoms in total. The minimum absolute atomic E-state index is 0.0421. The number of benzene rings is 2. The lowest BCUT2D eigenvalue weighted by molar-refractivity contribution is 0.598. The van der Waals surface area contributed by atoms with Gasteiger partial charge < -0.3 is 5.73 Å². The van der Waals surface area contributed by atoms with Crippen LogP contribution in [0, 0.1) is 5.82 Å². The van der Waals surface area contributed by atoms with Gasteiger partial charge in [-0.05, 0) is 18.2 Å². The summed E-state index contributed by atoms with van der Waals surface area (Å²) in [6.45, 7) is 0. The molecule has 0 spiro atoms. The molecule has 0 fully saturated rings. The Kier molecular flexibility index (Phi) is 4.01. The molecule has 0 saturated carbocycles. The Balaban J connectivity index is 2.47. The summed E-state index contributed by atoms with van der Waals surface area (Å²) in [5, 5.41) is 0. The van der Waals surface area contributed by atoms with E-state index in [-0.39, 0.29) is 21.1 Å². The van der Waals surface area contributed by atoms with Crippen molar-refractivity contribution in [1.82, 2.24) is 0 Å². The largest absolute Gasteiger partial charge is 0.389 e. The van der Waals surface area contributed by atoms with Gasteiger partial charge in [-0.25, -0.2) is 12.8 Å². The highest BCUT2D eigenvalue weighted by atomic mass is 32.2. The van der Waals surface area contributed by atoms with Gasteiger partial charge in [-0.3, -0.25) is 4.72 Å². The summed E-state index contributed by atoms with van der Waals surface area (Å²) in [5.74, 6) is -0.663. The first-order valence-corrected chi connectivity index (χ1v) is 7.47. The summed E-state index contributed by atoms with van der Waals surface area (Å²) < 4.78 is 40.3. The van der Waals surface area contributed by atoms with Crippen LogP contribution in [0.5, 0.6) is 0 Å². The summed E-state index contributed by atoms with van der Waals surface area (Å²) in [4.78, 5) is -0.129. The Morgan fingerprint density at radius 1 is 1.10 bits per heavy atom. The summed E-state index contributed by atoms with van der Waals surface area (Å²) in [6.07, 6.45) is 0. The summed E-state index contributed by atoms with van der Waals surface area (Å²) >= 11 is 4.82. The van der Waals surface area contributed by atoms with E-state index >= 15 is 0 Å². The zero-order valence-electron chi connectivity index (χ0n) is 10.2. The molecule has 2 aromatic rings. The second-order valence-electron chi connectivity index (χ2n) is 3.95.